The maximum absolute atomic E-state index is 4.07. The van der Waals surface area contributed by atoms with Crippen molar-refractivity contribution in [1.82, 2.24) is 10.3 Å². The molecule has 1 aromatic heterocycles. The standard InChI is InChI=1S/C11H18N2/c1-3-5-10(2)13-9-11-6-4-7-12-8-11/h4,6-8,10,13H,3,5,9H2,1-2H3. The molecule has 2 nitrogen and oxygen atoms in total. The van der Waals surface area contributed by atoms with Crippen LogP contribution in [0.5, 0.6) is 0 Å². The van der Waals surface area contributed by atoms with E-state index in [9.17, 15) is 0 Å². The predicted molar refractivity (Wildman–Crippen MR) is 55.4 cm³/mol. The average molecular weight is 178 g/mol. The van der Waals surface area contributed by atoms with Crippen LogP contribution < -0.4 is 5.32 Å². The van der Waals surface area contributed by atoms with Crippen LogP contribution in [0.2, 0.25) is 0 Å². The summed E-state index contributed by atoms with van der Waals surface area (Å²) in [7, 11) is 0. The van der Waals surface area contributed by atoms with Crippen molar-refractivity contribution in [3.63, 3.8) is 0 Å². The zero-order valence-corrected chi connectivity index (χ0v) is 8.46. The zero-order chi connectivity index (χ0) is 9.52. The van der Waals surface area contributed by atoms with E-state index in [1.807, 2.05) is 12.3 Å². The first-order valence-electron chi connectivity index (χ1n) is 4.95. The Labute approximate surface area is 80.4 Å². The van der Waals surface area contributed by atoms with Crippen LogP contribution in [-0.4, -0.2) is 11.0 Å². The van der Waals surface area contributed by atoms with E-state index in [0.717, 1.165) is 6.54 Å². The van der Waals surface area contributed by atoms with Crippen molar-refractivity contribution in [2.75, 3.05) is 0 Å². The maximum atomic E-state index is 4.07. The van der Waals surface area contributed by atoms with E-state index in [4.69, 9.17) is 0 Å². The van der Waals surface area contributed by atoms with E-state index in [2.05, 4.69) is 30.2 Å². The molecule has 1 heterocycles. The molecule has 0 saturated carbocycles. The maximum Gasteiger partial charge on any atom is 0.0312 e. The van der Waals surface area contributed by atoms with Crippen molar-refractivity contribution in [3.05, 3.63) is 30.1 Å². The second kappa shape index (κ2) is 5.70. The fraction of sp³-hybridized carbons (Fsp3) is 0.545. The second-order valence-corrected chi connectivity index (χ2v) is 3.43. The number of aromatic nitrogens is 1. The third kappa shape index (κ3) is 4.04. The third-order valence-electron chi connectivity index (χ3n) is 2.10. The van der Waals surface area contributed by atoms with E-state index < -0.39 is 0 Å². The van der Waals surface area contributed by atoms with Crippen molar-refractivity contribution in [2.24, 2.45) is 0 Å². The minimum absolute atomic E-state index is 0.602. The van der Waals surface area contributed by atoms with Gasteiger partial charge in [0.2, 0.25) is 0 Å². The molecule has 0 saturated heterocycles. The highest BCUT2D eigenvalue weighted by molar-refractivity contribution is 5.07. The number of pyridine rings is 1. The van der Waals surface area contributed by atoms with Gasteiger partial charge in [0, 0.05) is 25.0 Å². The first kappa shape index (κ1) is 10.2. The van der Waals surface area contributed by atoms with Crippen molar-refractivity contribution in [1.29, 1.82) is 0 Å². The number of hydrogen-bond donors (Lipinski definition) is 1. The van der Waals surface area contributed by atoms with Crippen LogP contribution in [0.1, 0.15) is 32.3 Å². The Morgan fingerprint density at radius 2 is 2.38 bits per heavy atom. The van der Waals surface area contributed by atoms with E-state index in [0.29, 0.717) is 6.04 Å². The molecule has 0 fully saturated rings. The molecule has 0 radical (unpaired) electrons. The van der Waals surface area contributed by atoms with Crippen molar-refractivity contribution < 1.29 is 0 Å². The Morgan fingerprint density at radius 3 is 3.00 bits per heavy atom. The molecule has 0 amide bonds. The van der Waals surface area contributed by atoms with E-state index >= 15 is 0 Å². The van der Waals surface area contributed by atoms with Crippen LogP contribution in [0.25, 0.3) is 0 Å². The molecule has 0 bridgehead atoms. The number of nitrogens with one attached hydrogen (secondary N) is 1. The SMILES string of the molecule is CCCC(C)NCc1cccnc1. The van der Waals surface area contributed by atoms with Gasteiger partial charge < -0.3 is 5.32 Å². The molecule has 13 heavy (non-hydrogen) atoms. The lowest BCUT2D eigenvalue weighted by molar-refractivity contribution is 0.508. The van der Waals surface area contributed by atoms with Gasteiger partial charge in [-0.05, 0) is 25.0 Å². The smallest absolute Gasteiger partial charge is 0.0312 e. The Morgan fingerprint density at radius 1 is 1.54 bits per heavy atom. The summed E-state index contributed by atoms with van der Waals surface area (Å²) in [4.78, 5) is 4.07. The number of nitrogens with zero attached hydrogens (tertiary/aromatic N) is 1. The van der Waals surface area contributed by atoms with Gasteiger partial charge in [-0.1, -0.05) is 19.4 Å². The monoisotopic (exact) mass is 178 g/mol. The molecule has 1 N–H and O–H groups in total. The minimum atomic E-state index is 0.602. The average Bonchev–Trinajstić information content (AvgIpc) is 2.17. The lowest BCUT2D eigenvalue weighted by Gasteiger charge is -2.11. The molecule has 0 aliphatic carbocycles. The largest absolute Gasteiger partial charge is 0.310 e. The van der Waals surface area contributed by atoms with E-state index in [-0.39, 0.29) is 0 Å². The van der Waals surface area contributed by atoms with Crippen molar-refractivity contribution in [2.45, 2.75) is 39.3 Å². The number of hydrogen-bond acceptors (Lipinski definition) is 2. The first-order chi connectivity index (χ1) is 6.33. The van der Waals surface area contributed by atoms with Gasteiger partial charge in [-0.3, -0.25) is 4.98 Å². The van der Waals surface area contributed by atoms with E-state index in [1.165, 1.54) is 18.4 Å². The summed E-state index contributed by atoms with van der Waals surface area (Å²) < 4.78 is 0. The highest BCUT2D eigenvalue weighted by Crippen LogP contribution is 1.99. The Kier molecular flexibility index (Phi) is 4.47. The molecule has 0 aromatic carbocycles. The molecule has 0 aliphatic heterocycles. The molecule has 2 heteroatoms. The number of rotatable bonds is 5. The normalized spacial score (nSPS) is 12.8. The van der Waals surface area contributed by atoms with Crippen LogP contribution in [-0.2, 0) is 6.54 Å². The highest BCUT2D eigenvalue weighted by atomic mass is 14.9. The van der Waals surface area contributed by atoms with Crippen LogP contribution in [0, 0.1) is 0 Å². The van der Waals surface area contributed by atoms with Gasteiger partial charge >= 0.3 is 0 Å². The fourth-order valence-electron chi connectivity index (χ4n) is 1.33. The minimum Gasteiger partial charge on any atom is -0.310 e. The van der Waals surface area contributed by atoms with Gasteiger partial charge in [0.15, 0.2) is 0 Å². The fourth-order valence-corrected chi connectivity index (χ4v) is 1.33. The second-order valence-electron chi connectivity index (χ2n) is 3.43. The van der Waals surface area contributed by atoms with Crippen LogP contribution >= 0.6 is 0 Å². The van der Waals surface area contributed by atoms with Gasteiger partial charge in [-0.25, -0.2) is 0 Å². The molecular formula is C11H18N2. The molecule has 1 unspecified atom stereocenters. The summed E-state index contributed by atoms with van der Waals surface area (Å²) in [6.45, 7) is 5.36. The molecule has 72 valence electrons. The van der Waals surface area contributed by atoms with Gasteiger partial charge in [0.1, 0.15) is 0 Å². The van der Waals surface area contributed by atoms with Crippen molar-refractivity contribution >= 4 is 0 Å². The first-order valence-corrected chi connectivity index (χ1v) is 4.95. The molecule has 0 aliphatic rings. The van der Waals surface area contributed by atoms with Crippen LogP contribution in [0.4, 0.5) is 0 Å². The highest BCUT2D eigenvalue weighted by Gasteiger charge is 1.98. The lowest BCUT2D eigenvalue weighted by Crippen LogP contribution is -2.25. The van der Waals surface area contributed by atoms with Crippen LogP contribution in [0.3, 0.4) is 0 Å². The summed E-state index contributed by atoms with van der Waals surface area (Å²) in [5.41, 5.74) is 1.26. The summed E-state index contributed by atoms with van der Waals surface area (Å²) in [6, 6.07) is 4.67. The molecule has 1 atom stereocenters. The Hall–Kier alpha value is -0.890. The molecule has 1 aromatic rings. The zero-order valence-electron chi connectivity index (χ0n) is 8.46. The third-order valence-corrected chi connectivity index (χ3v) is 2.10. The van der Waals surface area contributed by atoms with E-state index in [1.54, 1.807) is 6.20 Å². The Bertz CT molecular complexity index is 221. The summed E-state index contributed by atoms with van der Waals surface area (Å²) in [5.74, 6) is 0. The molecule has 1 rings (SSSR count). The topological polar surface area (TPSA) is 24.9 Å². The predicted octanol–water partition coefficient (Wildman–Crippen LogP) is 2.36. The Balaban J connectivity index is 2.27. The van der Waals surface area contributed by atoms with Gasteiger partial charge in [0.05, 0.1) is 0 Å². The van der Waals surface area contributed by atoms with Crippen LogP contribution in [0.15, 0.2) is 24.5 Å². The molecule has 0 spiro atoms. The molecular weight excluding hydrogens is 160 g/mol. The summed E-state index contributed by atoms with van der Waals surface area (Å²) in [5, 5.41) is 3.46. The van der Waals surface area contributed by atoms with Gasteiger partial charge in [-0.15, -0.1) is 0 Å². The van der Waals surface area contributed by atoms with Gasteiger partial charge in [0.25, 0.3) is 0 Å². The van der Waals surface area contributed by atoms with Gasteiger partial charge in [-0.2, -0.15) is 0 Å². The lowest BCUT2D eigenvalue weighted by atomic mass is 10.2. The summed E-state index contributed by atoms with van der Waals surface area (Å²) >= 11 is 0. The van der Waals surface area contributed by atoms with Crippen molar-refractivity contribution in [3.8, 4) is 0 Å². The summed E-state index contributed by atoms with van der Waals surface area (Å²) in [6.07, 6.45) is 6.19. The quantitative estimate of drug-likeness (QED) is 0.748.